The average Bonchev–Trinajstić information content (AvgIpc) is 3.06. The molecule has 126 valence electrons. The molecule has 0 fully saturated rings. The molecule has 0 spiro atoms. The molecular weight excluding hydrogens is 319 g/mol. The number of amides is 1. The van der Waals surface area contributed by atoms with Gasteiger partial charge in [0.15, 0.2) is 0 Å². The first-order chi connectivity index (χ1) is 12.1. The van der Waals surface area contributed by atoms with Crippen LogP contribution in [0.4, 0.5) is 4.39 Å². The van der Waals surface area contributed by atoms with Crippen molar-refractivity contribution in [3.05, 3.63) is 71.6 Å². The van der Waals surface area contributed by atoms with E-state index in [1.54, 1.807) is 46.2 Å². The van der Waals surface area contributed by atoms with Crippen molar-refractivity contribution in [1.29, 1.82) is 0 Å². The molecule has 0 saturated carbocycles. The predicted molar refractivity (Wildman–Crippen MR) is 91.3 cm³/mol. The van der Waals surface area contributed by atoms with Crippen LogP contribution in [-0.4, -0.2) is 32.1 Å². The normalized spacial score (nSPS) is 13.8. The average molecular weight is 336 g/mol. The number of halogens is 1. The van der Waals surface area contributed by atoms with E-state index >= 15 is 0 Å². The Balaban J connectivity index is 1.62. The Morgan fingerprint density at radius 3 is 2.92 bits per heavy atom. The number of rotatable bonds is 3. The van der Waals surface area contributed by atoms with E-state index in [9.17, 15) is 9.18 Å². The Morgan fingerprint density at radius 1 is 1.24 bits per heavy atom. The summed E-state index contributed by atoms with van der Waals surface area (Å²) in [5.41, 5.74) is 3.73. The van der Waals surface area contributed by atoms with Crippen molar-refractivity contribution in [3.63, 3.8) is 0 Å². The van der Waals surface area contributed by atoms with Gasteiger partial charge in [0.2, 0.25) is 0 Å². The molecule has 1 aliphatic heterocycles. The van der Waals surface area contributed by atoms with Gasteiger partial charge in [-0.25, -0.2) is 4.39 Å². The molecular formula is C19H17FN4O. The third-order valence-electron chi connectivity index (χ3n) is 4.47. The zero-order valence-electron chi connectivity index (χ0n) is 13.8. The minimum Gasteiger partial charge on any atom is -0.334 e. The van der Waals surface area contributed by atoms with E-state index in [0.717, 1.165) is 16.8 Å². The second-order valence-electron chi connectivity index (χ2n) is 6.18. The lowest BCUT2D eigenvalue weighted by molar-refractivity contribution is 0.0723. The van der Waals surface area contributed by atoms with Gasteiger partial charge in [-0.05, 0) is 29.8 Å². The van der Waals surface area contributed by atoms with Crippen LogP contribution in [0.2, 0.25) is 0 Å². The molecule has 1 amide bonds. The molecule has 0 N–H and O–H groups in total. The molecule has 0 bridgehead atoms. The number of pyridine rings is 1. The van der Waals surface area contributed by atoms with Crippen molar-refractivity contribution in [3.8, 4) is 11.1 Å². The molecule has 0 saturated heterocycles. The van der Waals surface area contributed by atoms with E-state index in [1.165, 1.54) is 6.07 Å². The Hall–Kier alpha value is -3.02. The van der Waals surface area contributed by atoms with Crippen LogP contribution in [0.5, 0.6) is 0 Å². The number of aromatic nitrogens is 3. The molecule has 25 heavy (non-hydrogen) atoms. The SMILES string of the molecule is Cn1cc(-c2ccc(F)c(CN3CCc4ncccc4C3=O)c2)cn1. The topological polar surface area (TPSA) is 51.0 Å². The number of carbonyl (C=O) groups is 1. The number of benzene rings is 1. The van der Waals surface area contributed by atoms with Crippen LogP contribution in [0.25, 0.3) is 11.1 Å². The maximum absolute atomic E-state index is 14.3. The molecule has 0 aliphatic carbocycles. The van der Waals surface area contributed by atoms with Crippen LogP contribution in [0.1, 0.15) is 21.6 Å². The van der Waals surface area contributed by atoms with Gasteiger partial charge in [-0.3, -0.25) is 14.5 Å². The highest BCUT2D eigenvalue weighted by Gasteiger charge is 2.25. The van der Waals surface area contributed by atoms with E-state index < -0.39 is 0 Å². The van der Waals surface area contributed by atoms with E-state index in [2.05, 4.69) is 10.1 Å². The fourth-order valence-corrected chi connectivity index (χ4v) is 3.15. The lowest BCUT2D eigenvalue weighted by Crippen LogP contribution is -2.37. The molecule has 0 atom stereocenters. The number of hydrogen-bond donors (Lipinski definition) is 0. The first kappa shape index (κ1) is 15.5. The van der Waals surface area contributed by atoms with Crippen molar-refractivity contribution in [2.75, 3.05) is 6.54 Å². The molecule has 3 aromatic rings. The summed E-state index contributed by atoms with van der Waals surface area (Å²) in [5, 5.41) is 4.15. The van der Waals surface area contributed by atoms with E-state index in [1.807, 2.05) is 13.2 Å². The summed E-state index contributed by atoms with van der Waals surface area (Å²) in [4.78, 5) is 18.6. The second-order valence-corrected chi connectivity index (χ2v) is 6.18. The number of fused-ring (bicyclic) bond motifs is 1. The van der Waals surface area contributed by atoms with Crippen molar-refractivity contribution in [1.82, 2.24) is 19.7 Å². The lowest BCUT2D eigenvalue weighted by Gasteiger charge is -2.28. The van der Waals surface area contributed by atoms with Crippen LogP contribution in [0, 0.1) is 5.82 Å². The van der Waals surface area contributed by atoms with Gasteiger partial charge in [-0.1, -0.05) is 6.07 Å². The van der Waals surface area contributed by atoms with Crippen LogP contribution >= 0.6 is 0 Å². The molecule has 1 aromatic carbocycles. The first-order valence-electron chi connectivity index (χ1n) is 8.12. The molecule has 3 heterocycles. The van der Waals surface area contributed by atoms with Gasteiger partial charge in [0.05, 0.1) is 17.5 Å². The summed E-state index contributed by atoms with van der Waals surface area (Å²) >= 11 is 0. The van der Waals surface area contributed by atoms with Gasteiger partial charge >= 0.3 is 0 Å². The van der Waals surface area contributed by atoms with Gasteiger partial charge < -0.3 is 4.90 Å². The fraction of sp³-hybridized carbons (Fsp3) is 0.211. The minimum atomic E-state index is -0.308. The number of carbonyl (C=O) groups excluding carboxylic acids is 1. The van der Waals surface area contributed by atoms with Crippen LogP contribution in [-0.2, 0) is 20.0 Å². The molecule has 6 heteroatoms. The zero-order chi connectivity index (χ0) is 17.4. The standard InChI is InChI=1S/C19H17FN4O/c1-23-11-15(10-22-23)13-4-5-17(20)14(9-13)12-24-8-6-18-16(19(24)25)3-2-7-21-18/h2-5,7,9-11H,6,8,12H2,1H3. The van der Waals surface area contributed by atoms with E-state index in [4.69, 9.17) is 0 Å². The largest absolute Gasteiger partial charge is 0.334 e. The smallest absolute Gasteiger partial charge is 0.256 e. The molecule has 0 unspecified atom stereocenters. The van der Waals surface area contributed by atoms with Crippen molar-refractivity contribution < 1.29 is 9.18 Å². The summed E-state index contributed by atoms with van der Waals surface area (Å²) in [7, 11) is 1.84. The van der Waals surface area contributed by atoms with Crippen LogP contribution in [0.15, 0.2) is 48.9 Å². The molecule has 1 aliphatic rings. The van der Waals surface area contributed by atoms with Crippen molar-refractivity contribution in [2.45, 2.75) is 13.0 Å². The zero-order valence-corrected chi connectivity index (χ0v) is 13.8. The first-order valence-corrected chi connectivity index (χ1v) is 8.12. The van der Waals surface area contributed by atoms with Gasteiger partial charge in [-0.15, -0.1) is 0 Å². The minimum absolute atomic E-state index is 0.0967. The van der Waals surface area contributed by atoms with E-state index in [0.29, 0.717) is 24.1 Å². The van der Waals surface area contributed by atoms with Gasteiger partial charge in [0.25, 0.3) is 5.91 Å². The van der Waals surface area contributed by atoms with Gasteiger partial charge in [0.1, 0.15) is 5.82 Å². The highest BCUT2D eigenvalue weighted by molar-refractivity contribution is 5.96. The maximum Gasteiger partial charge on any atom is 0.256 e. The van der Waals surface area contributed by atoms with E-state index in [-0.39, 0.29) is 18.3 Å². The Bertz CT molecular complexity index is 950. The summed E-state index contributed by atoms with van der Waals surface area (Å²) in [5.74, 6) is -0.405. The molecule has 5 nitrogen and oxygen atoms in total. The summed E-state index contributed by atoms with van der Waals surface area (Å²) in [6, 6.07) is 8.50. The van der Waals surface area contributed by atoms with Crippen molar-refractivity contribution >= 4 is 5.91 Å². The fourth-order valence-electron chi connectivity index (χ4n) is 3.15. The lowest BCUT2D eigenvalue weighted by atomic mass is 10.0. The molecule has 0 radical (unpaired) electrons. The predicted octanol–water partition coefficient (Wildman–Crippen LogP) is 2.82. The molecule has 4 rings (SSSR count). The number of nitrogens with zero attached hydrogens (tertiary/aromatic N) is 4. The number of hydrogen-bond acceptors (Lipinski definition) is 3. The third kappa shape index (κ3) is 2.91. The summed E-state index contributed by atoms with van der Waals surface area (Å²) < 4.78 is 16.0. The molecule has 2 aromatic heterocycles. The highest BCUT2D eigenvalue weighted by Crippen LogP contribution is 2.24. The maximum atomic E-state index is 14.3. The summed E-state index contributed by atoms with van der Waals surface area (Å²) in [6.07, 6.45) is 6.00. The third-order valence-corrected chi connectivity index (χ3v) is 4.47. The Morgan fingerprint density at radius 2 is 2.12 bits per heavy atom. The number of aryl methyl sites for hydroxylation is 1. The van der Waals surface area contributed by atoms with Gasteiger partial charge in [0, 0.05) is 50.1 Å². The monoisotopic (exact) mass is 336 g/mol. The Labute approximate surface area is 144 Å². The second kappa shape index (κ2) is 6.12. The highest BCUT2D eigenvalue weighted by atomic mass is 19.1. The van der Waals surface area contributed by atoms with Gasteiger partial charge in [-0.2, -0.15) is 5.10 Å². The van der Waals surface area contributed by atoms with Crippen molar-refractivity contribution in [2.24, 2.45) is 7.05 Å². The Kier molecular flexibility index (Phi) is 3.80. The van der Waals surface area contributed by atoms with Crippen LogP contribution < -0.4 is 0 Å². The summed E-state index contributed by atoms with van der Waals surface area (Å²) in [6.45, 7) is 0.784. The van der Waals surface area contributed by atoms with Crippen LogP contribution in [0.3, 0.4) is 0 Å². The quantitative estimate of drug-likeness (QED) is 0.739.